The molecule has 1 amide bonds. The topological polar surface area (TPSA) is 112 Å². The van der Waals surface area contributed by atoms with Gasteiger partial charge in [0.25, 0.3) is 5.91 Å². The van der Waals surface area contributed by atoms with Crippen LogP contribution >= 0.6 is 0 Å². The highest BCUT2D eigenvalue weighted by molar-refractivity contribution is 5.98. The average Bonchev–Trinajstić information content (AvgIpc) is 2.84. The maximum atomic E-state index is 13.5. The molecule has 2 heterocycles. The fourth-order valence-corrected chi connectivity index (χ4v) is 4.30. The largest absolute Gasteiger partial charge is 0.724 e. The number of rotatable bonds is 7. The highest BCUT2D eigenvalue weighted by Crippen LogP contribution is 2.31. The lowest BCUT2D eigenvalue weighted by Gasteiger charge is -2.37. The van der Waals surface area contributed by atoms with E-state index >= 15 is 0 Å². The zero-order chi connectivity index (χ0) is 26.1. The maximum absolute atomic E-state index is 13.5. The molecule has 0 bridgehead atoms. The number of likely N-dealkylation sites (tertiary alicyclic amines) is 1. The molecule has 1 aromatic heterocycles. The summed E-state index contributed by atoms with van der Waals surface area (Å²) in [4.78, 5) is 19.2. The zero-order valence-corrected chi connectivity index (χ0v) is 21.0. The Morgan fingerprint density at radius 3 is 2.44 bits per heavy atom. The first kappa shape index (κ1) is 27.1. The molecule has 36 heavy (non-hydrogen) atoms. The standard InChI is InChI=1S/C26H30FN5O.CH4O2/c1-32(2)12-10-20(11-13-32)19-6-8-22(9-7-19)31-25-15-24(23(17-30-25)26(28)33)29-16-18-4-3-5-21(27)14-18;1-3-2/h3-9,14-15,17,20H,10-13,16H2,1-2H3,(H3-,28,29,30,31,33);2H,1H3. The molecule has 0 atom stereocenters. The van der Waals surface area contributed by atoms with Crippen LogP contribution in [0.1, 0.15) is 40.2 Å². The second kappa shape index (κ2) is 12.4. The SMILES string of the molecule is CO[O-].C[N+]1(C)CCC(c2ccc(Nc3cc(NCc4cccc(F)c4)c(C(N)=O)cn3)cc2)CC1. The van der Waals surface area contributed by atoms with Crippen LogP contribution in [0.25, 0.3) is 0 Å². The minimum absolute atomic E-state index is 0.283. The minimum Gasteiger partial charge on any atom is -0.724 e. The van der Waals surface area contributed by atoms with Crippen LogP contribution in [-0.2, 0) is 11.4 Å². The number of hydrogen-bond acceptors (Lipinski definition) is 6. The number of halogens is 1. The summed E-state index contributed by atoms with van der Waals surface area (Å²) in [5.41, 5.74) is 9.39. The lowest BCUT2D eigenvalue weighted by atomic mass is 9.89. The summed E-state index contributed by atoms with van der Waals surface area (Å²) in [5.74, 6) is 0.318. The van der Waals surface area contributed by atoms with Gasteiger partial charge in [-0.2, -0.15) is 0 Å². The number of nitrogens with zero attached hydrogens (tertiary/aromatic N) is 2. The first-order valence-electron chi connectivity index (χ1n) is 11.8. The van der Waals surface area contributed by atoms with Gasteiger partial charge in [0.1, 0.15) is 11.6 Å². The van der Waals surface area contributed by atoms with Gasteiger partial charge in [-0.1, -0.05) is 24.3 Å². The smallest absolute Gasteiger partial charge is 0.252 e. The number of carbonyl (C=O) groups is 1. The van der Waals surface area contributed by atoms with Crippen molar-refractivity contribution in [3.05, 3.63) is 83.3 Å². The van der Waals surface area contributed by atoms with Gasteiger partial charge in [-0.3, -0.25) is 4.79 Å². The van der Waals surface area contributed by atoms with Crippen LogP contribution in [0.15, 0.2) is 60.8 Å². The summed E-state index contributed by atoms with van der Waals surface area (Å²) < 4.78 is 14.6. The molecule has 4 rings (SSSR count). The van der Waals surface area contributed by atoms with E-state index in [2.05, 4.69) is 58.9 Å². The Balaban J connectivity index is 0.00000115. The van der Waals surface area contributed by atoms with Gasteiger partial charge in [-0.05, 0) is 41.3 Å². The summed E-state index contributed by atoms with van der Waals surface area (Å²) in [5, 5.41) is 14.9. The van der Waals surface area contributed by atoms with Gasteiger partial charge in [-0.25, -0.2) is 9.37 Å². The number of aromatic nitrogens is 1. The number of pyridine rings is 1. The first-order valence-corrected chi connectivity index (χ1v) is 11.8. The van der Waals surface area contributed by atoms with Crippen LogP contribution < -0.4 is 21.6 Å². The fourth-order valence-electron chi connectivity index (χ4n) is 4.30. The normalized spacial score (nSPS) is 14.9. The molecule has 0 radical (unpaired) electrons. The van der Waals surface area contributed by atoms with Gasteiger partial charge in [0.2, 0.25) is 0 Å². The van der Waals surface area contributed by atoms with Crippen molar-refractivity contribution in [2.75, 3.05) is 44.9 Å². The van der Waals surface area contributed by atoms with Crippen LogP contribution in [0, 0.1) is 5.82 Å². The predicted octanol–water partition coefficient (Wildman–Crippen LogP) is 3.54. The van der Waals surface area contributed by atoms with E-state index in [0.29, 0.717) is 24.0 Å². The van der Waals surface area contributed by atoms with Crippen LogP contribution in [0.4, 0.5) is 21.6 Å². The van der Waals surface area contributed by atoms with Gasteiger partial charge in [0.05, 0.1) is 38.4 Å². The highest BCUT2D eigenvalue weighted by Gasteiger charge is 2.26. The Hall–Kier alpha value is -3.53. The number of primary amides is 1. The van der Waals surface area contributed by atoms with Gasteiger partial charge < -0.3 is 31.0 Å². The summed E-state index contributed by atoms with van der Waals surface area (Å²) in [7, 11) is 5.65. The molecule has 9 heteroatoms. The maximum Gasteiger partial charge on any atom is 0.252 e. The van der Waals surface area contributed by atoms with Gasteiger partial charge in [0, 0.05) is 44.4 Å². The molecule has 0 unspecified atom stereocenters. The summed E-state index contributed by atoms with van der Waals surface area (Å²) in [6.07, 6.45) is 3.86. The molecule has 0 aliphatic carbocycles. The summed E-state index contributed by atoms with van der Waals surface area (Å²) in [6, 6.07) is 16.5. The third-order valence-electron chi connectivity index (χ3n) is 6.36. The number of nitrogens with two attached hydrogens (primary N) is 1. The Bertz CT molecular complexity index is 1140. The molecule has 0 saturated carbocycles. The fraction of sp³-hybridized carbons (Fsp3) is 0.333. The number of carbonyl (C=O) groups excluding carboxylic acids is 1. The Morgan fingerprint density at radius 2 is 1.83 bits per heavy atom. The molecule has 1 fully saturated rings. The van der Waals surface area contributed by atoms with Crippen molar-refractivity contribution < 1.29 is 23.8 Å². The van der Waals surface area contributed by atoms with Crippen molar-refractivity contribution in [2.24, 2.45) is 5.73 Å². The average molecular weight is 496 g/mol. The lowest BCUT2D eigenvalue weighted by Crippen LogP contribution is -2.45. The molecule has 8 nitrogen and oxygen atoms in total. The van der Waals surface area contributed by atoms with E-state index in [9.17, 15) is 9.18 Å². The molecular weight excluding hydrogens is 461 g/mol. The van der Waals surface area contributed by atoms with Crippen LogP contribution in [-0.4, -0.2) is 49.7 Å². The van der Waals surface area contributed by atoms with Crippen LogP contribution in [0.3, 0.4) is 0 Å². The van der Waals surface area contributed by atoms with E-state index in [1.54, 1.807) is 12.1 Å². The number of amides is 1. The van der Waals surface area contributed by atoms with E-state index in [1.165, 1.54) is 49.8 Å². The lowest BCUT2D eigenvalue weighted by molar-refractivity contribution is -0.895. The molecular formula is C27H34FN5O3. The number of hydrogen-bond donors (Lipinski definition) is 3. The van der Waals surface area contributed by atoms with Crippen molar-refractivity contribution >= 4 is 23.1 Å². The van der Waals surface area contributed by atoms with E-state index in [0.717, 1.165) is 22.8 Å². The van der Waals surface area contributed by atoms with Gasteiger partial charge in [-0.15, -0.1) is 0 Å². The third-order valence-corrected chi connectivity index (χ3v) is 6.36. The van der Waals surface area contributed by atoms with E-state index in [1.807, 2.05) is 6.07 Å². The van der Waals surface area contributed by atoms with Crippen LogP contribution in [0.5, 0.6) is 0 Å². The van der Waals surface area contributed by atoms with Crippen molar-refractivity contribution in [1.29, 1.82) is 0 Å². The summed E-state index contributed by atoms with van der Waals surface area (Å²) >= 11 is 0. The second-order valence-electron chi connectivity index (χ2n) is 9.53. The number of benzene rings is 2. The molecule has 2 aromatic carbocycles. The monoisotopic (exact) mass is 495 g/mol. The second-order valence-corrected chi connectivity index (χ2v) is 9.53. The molecule has 1 saturated heterocycles. The molecule has 3 aromatic rings. The van der Waals surface area contributed by atoms with E-state index in [4.69, 9.17) is 11.0 Å². The molecule has 1 aliphatic rings. The highest BCUT2D eigenvalue weighted by atomic mass is 19.1. The Labute approximate surface area is 211 Å². The first-order chi connectivity index (χ1) is 17.2. The number of piperidine rings is 1. The van der Waals surface area contributed by atoms with E-state index in [-0.39, 0.29) is 11.4 Å². The third kappa shape index (κ3) is 7.74. The molecule has 1 aliphatic heterocycles. The predicted molar refractivity (Wildman–Crippen MR) is 137 cm³/mol. The molecule has 4 N–H and O–H groups in total. The summed E-state index contributed by atoms with van der Waals surface area (Å²) in [6.45, 7) is 2.76. The Kier molecular flexibility index (Phi) is 9.35. The number of quaternary nitrogens is 1. The molecule has 0 spiro atoms. The zero-order valence-electron chi connectivity index (χ0n) is 21.0. The van der Waals surface area contributed by atoms with E-state index < -0.39 is 5.91 Å². The number of anilines is 3. The van der Waals surface area contributed by atoms with Gasteiger partial charge >= 0.3 is 0 Å². The van der Waals surface area contributed by atoms with Gasteiger partial charge in [0.15, 0.2) is 0 Å². The van der Waals surface area contributed by atoms with Crippen molar-refractivity contribution in [3.8, 4) is 0 Å². The van der Waals surface area contributed by atoms with Crippen molar-refractivity contribution in [3.63, 3.8) is 0 Å². The Morgan fingerprint density at radius 1 is 1.17 bits per heavy atom. The minimum atomic E-state index is -0.575. The van der Waals surface area contributed by atoms with Crippen LogP contribution in [0.2, 0.25) is 0 Å². The number of nitrogens with one attached hydrogen (secondary N) is 2. The quantitative estimate of drug-likeness (QED) is 0.263. The van der Waals surface area contributed by atoms with Crippen molar-refractivity contribution in [2.45, 2.75) is 25.3 Å². The van der Waals surface area contributed by atoms with Crippen molar-refractivity contribution in [1.82, 2.24) is 4.98 Å². The molecule has 192 valence electrons.